The topological polar surface area (TPSA) is 72.6 Å². The van der Waals surface area contributed by atoms with Crippen molar-refractivity contribution in [2.24, 2.45) is 0 Å². The van der Waals surface area contributed by atoms with Gasteiger partial charge in [-0.25, -0.2) is 9.29 Å². The van der Waals surface area contributed by atoms with E-state index < -0.39 is 17.6 Å². The molecule has 6 heteroatoms. The van der Waals surface area contributed by atoms with Crippen LogP contribution in [0.4, 0.5) is 15.8 Å². The van der Waals surface area contributed by atoms with E-state index in [0.717, 1.165) is 11.0 Å². The molecule has 1 aliphatic heterocycles. The molecule has 21 heavy (non-hydrogen) atoms. The van der Waals surface area contributed by atoms with Crippen LogP contribution < -0.4 is 15.4 Å². The number of fused-ring (bicyclic) bond motifs is 1. The van der Waals surface area contributed by atoms with Gasteiger partial charge in [-0.3, -0.25) is 9.59 Å². The number of halogens is 1. The van der Waals surface area contributed by atoms with E-state index in [2.05, 4.69) is 0 Å². The van der Waals surface area contributed by atoms with Crippen molar-refractivity contribution < 1.29 is 18.7 Å². The number of nitrogen functional groups attached to an aromatic ring is 1. The lowest BCUT2D eigenvalue weighted by Gasteiger charge is -2.15. The molecule has 3 rings (SSSR count). The van der Waals surface area contributed by atoms with Gasteiger partial charge in [0.05, 0.1) is 23.9 Å². The summed E-state index contributed by atoms with van der Waals surface area (Å²) in [7, 11) is 1.31. The fraction of sp³-hybridized carbons (Fsp3) is 0.0667. The molecule has 0 unspecified atom stereocenters. The minimum absolute atomic E-state index is 0.0444. The zero-order valence-corrected chi connectivity index (χ0v) is 11.1. The Kier molecular flexibility index (Phi) is 2.86. The number of amides is 2. The van der Waals surface area contributed by atoms with Crippen LogP contribution in [0.15, 0.2) is 36.4 Å². The lowest BCUT2D eigenvalue weighted by molar-refractivity contribution is 0.0926. The average Bonchev–Trinajstić information content (AvgIpc) is 2.73. The summed E-state index contributed by atoms with van der Waals surface area (Å²) >= 11 is 0. The largest absolute Gasteiger partial charge is 0.494 e. The van der Waals surface area contributed by atoms with Crippen LogP contribution in [-0.4, -0.2) is 18.9 Å². The summed E-state index contributed by atoms with van der Waals surface area (Å²) in [4.78, 5) is 25.7. The Hall–Kier alpha value is -2.89. The zero-order valence-electron chi connectivity index (χ0n) is 11.1. The molecule has 2 aromatic carbocycles. The molecule has 0 aliphatic carbocycles. The van der Waals surface area contributed by atoms with Crippen LogP contribution in [0, 0.1) is 5.82 Å². The monoisotopic (exact) mass is 286 g/mol. The molecule has 0 saturated carbocycles. The lowest BCUT2D eigenvalue weighted by atomic mass is 10.1. The number of ether oxygens (including phenoxy) is 1. The number of hydrogen-bond donors (Lipinski definition) is 1. The Morgan fingerprint density at radius 2 is 1.90 bits per heavy atom. The first-order valence-corrected chi connectivity index (χ1v) is 6.15. The molecule has 0 aromatic heterocycles. The van der Waals surface area contributed by atoms with Gasteiger partial charge in [0.2, 0.25) is 0 Å². The molecule has 1 heterocycles. The summed E-state index contributed by atoms with van der Waals surface area (Å²) in [6.07, 6.45) is 0. The predicted octanol–water partition coefficient (Wildman–Crippen LogP) is 2.22. The van der Waals surface area contributed by atoms with E-state index in [4.69, 9.17) is 10.5 Å². The summed E-state index contributed by atoms with van der Waals surface area (Å²) in [5.41, 5.74) is 6.65. The van der Waals surface area contributed by atoms with Gasteiger partial charge in [-0.15, -0.1) is 0 Å². The number of methoxy groups -OCH3 is 1. The number of rotatable bonds is 2. The summed E-state index contributed by atoms with van der Waals surface area (Å²) in [5.74, 6) is -1.63. The molecule has 5 nitrogen and oxygen atoms in total. The van der Waals surface area contributed by atoms with Crippen molar-refractivity contribution in [3.8, 4) is 5.75 Å². The highest BCUT2D eigenvalue weighted by Crippen LogP contribution is 2.33. The highest BCUT2D eigenvalue weighted by atomic mass is 19.1. The maximum absolute atomic E-state index is 13.4. The van der Waals surface area contributed by atoms with Crippen molar-refractivity contribution in [2.45, 2.75) is 0 Å². The van der Waals surface area contributed by atoms with E-state index >= 15 is 0 Å². The first-order valence-electron chi connectivity index (χ1n) is 6.15. The minimum atomic E-state index is -0.572. The summed E-state index contributed by atoms with van der Waals surface area (Å²) in [5, 5.41) is 0. The Morgan fingerprint density at radius 1 is 1.14 bits per heavy atom. The van der Waals surface area contributed by atoms with Gasteiger partial charge in [-0.1, -0.05) is 6.07 Å². The van der Waals surface area contributed by atoms with Crippen LogP contribution in [0.3, 0.4) is 0 Å². The van der Waals surface area contributed by atoms with Crippen molar-refractivity contribution >= 4 is 23.2 Å². The van der Waals surface area contributed by atoms with Gasteiger partial charge in [0.15, 0.2) is 11.6 Å². The van der Waals surface area contributed by atoms with Gasteiger partial charge in [0.25, 0.3) is 11.8 Å². The second-order valence-corrected chi connectivity index (χ2v) is 4.53. The fourth-order valence-corrected chi connectivity index (χ4v) is 2.33. The number of hydrogen-bond acceptors (Lipinski definition) is 4. The highest BCUT2D eigenvalue weighted by Gasteiger charge is 2.38. The van der Waals surface area contributed by atoms with E-state index in [1.165, 1.54) is 25.3 Å². The number of carbonyl (C=O) groups is 2. The number of carbonyl (C=O) groups excluding carboxylic acids is 2. The minimum Gasteiger partial charge on any atom is -0.494 e. The van der Waals surface area contributed by atoms with Crippen molar-refractivity contribution in [1.82, 2.24) is 0 Å². The van der Waals surface area contributed by atoms with E-state index in [0.29, 0.717) is 0 Å². The SMILES string of the molecule is COc1cc(N2C(=O)c3cccc(N)c3C2=O)ccc1F. The lowest BCUT2D eigenvalue weighted by Crippen LogP contribution is -2.29. The third-order valence-electron chi connectivity index (χ3n) is 3.34. The van der Waals surface area contributed by atoms with Gasteiger partial charge in [-0.2, -0.15) is 0 Å². The third kappa shape index (κ3) is 1.84. The number of anilines is 2. The summed E-state index contributed by atoms with van der Waals surface area (Å²) < 4.78 is 18.3. The van der Waals surface area contributed by atoms with E-state index in [1.807, 2.05) is 0 Å². The highest BCUT2D eigenvalue weighted by molar-refractivity contribution is 6.36. The van der Waals surface area contributed by atoms with Crippen LogP contribution in [0.1, 0.15) is 20.7 Å². The first-order chi connectivity index (χ1) is 10.0. The van der Waals surface area contributed by atoms with Crippen LogP contribution in [0.5, 0.6) is 5.75 Å². The third-order valence-corrected chi connectivity index (χ3v) is 3.34. The van der Waals surface area contributed by atoms with Crippen LogP contribution >= 0.6 is 0 Å². The fourth-order valence-electron chi connectivity index (χ4n) is 2.33. The number of nitrogens with zero attached hydrogens (tertiary/aromatic N) is 1. The van der Waals surface area contributed by atoms with Crippen LogP contribution in [0.25, 0.3) is 0 Å². The maximum Gasteiger partial charge on any atom is 0.268 e. The molecule has 0 fully saturated rings. The molecule has 1 aliphatic rings. The average molecular weight is 286 g/mol. The summed E-state index contributed by atoms with van der Waals surface area (Å²) in [6, 6.07) is 8.48. The van der Waals surface area contributed by atoms with Gasteiger partial charge in [0.1, 0.15) is 0 Å². The Balaban J connectivity index is 2.12. The summed E-state index contributed by atoms with van der Waals surface area (Å²) in [6.45, 7) is 0. The van der Waals surface area contributed by atoms with Gasteiger partial charge in [-0.05, 0) is 24.3 Å². The normalized spacial score (nSPS) is 13.5. The second kappa shape index (κ2) is 4.59. The quantitative estimate of drug-likeness (QED) is 0.678. The molecule has 2 amide bonds. The van der Waals surface area contributed by atoms with E-state index in [9.17, 15) is 14.0 Å². The molecule has 0 bridgehead atoms. The molecule has 0 radical (unpaired) electrons. The van der Waals surface area contributed by atoms with E-state index in [1.54, 1.807) is 12.1 Å². The standard InChI is InChI=1S/C15H11FN2O3/c1-21-12-7-8(5-6-10(12)16)18-14(19)9-3-2-4-11(17)13(9)15(18)20/h2-7H,17H2,1H3. The number of benzene rings is 2. The Labute approximate surface area is 119 Å². The molecular formula is C15H11FN2O3. The molecule has 106 valence electrons. The van der Waals surface area contributed by atoms with Crippen LogP contribution in [0.2, 0.25) is 0 Å². The molecule has 2 aromatic rings. The first kappa shape index (κ1) is 13.1. The molecule has 0 spiro atoms. The van der Waals surface area contributed by atoms with E-state index in [-0.39, 0.29) is 28.3 Å². The van der Waals surface area contributed by atoms with Gasteiger partial charge >= 0.3 is 0 Å². The molecule has 0 saturated heterocycles. The molecule has 2 N–H and O–H groups in total. The van der Waals surface area contributed by atoms with Gasteiger partial charge < -0.3 is 10.5 Å². The Morgan fingerprint density at radius 3 is 2.57 bits per heavy atom. The Bertz CT molecular complexity index is 774. The van der Waals surface area contributed by atoms with Crippen LogP contribution in [-0.2, 0) is 0 Å². The smallest absolute Gasteiger partial charge is 0.268 e. The van der Waals surface area contributed by atoms with Crippen molar-refractivity contribution in [3.63, 3.8) is 0 Å². The number of imide groups is 1. The van der Waals surface area contributed by atoms with Gasteiger partial charge in [0, 0.05) is 11.8 Å². The predicted molar refractivity (Wildman–Crippen MR) is 74.9 cm³/mol. The van der Waals surface area contributed by atoms with Crippen molar-refractivity contribution in [1.29, 1.82) is 0 Å². The molecular weight excluding hydrogens is 275 g/mol. The second-order valence-electron chi connectivity index (χ2n) is 4.53. The number of nitrogens with two attached hydrogens (primary N) is 1. The maximum atomic E-state index is 13.4. The zero-order chi connectivity index (χ0) is 15.1. The van der Waals surface area contributed by atoms with Crippen molar-refractivity contribution in [3.05, 3.63) is 53.3 Å². The molecule has 0 atom stereocenters. The van der Waals surface area contributed by atoms with Crippen molar-refractivity contribution in [2.75, 3.05) is 17.7 Å².